The predicted molar refractivity (Wildman–Crippen MR) is 141 cm³/mol. The number of likely N-dealkylation sites (tertiary alicyclic amines) is 1. The zero-order valence-electron chi connectivity index (χ0n) is 20.7. The van der Waals surface area contributed by atoms with Crippen molar-refractivity contribution in [2.75, 3.05) is 6.54 Å². The highest BCUT2D eigenvalue weighted by Gasteiger charge is 2.45. The number of aliphatic carboxylic acids is 1. The van der Waals surface area contributed by atoms with Gasteiger partial charge >= 0.3 is 5.97 Å². The van der Waals surface area contributed by atoms with Crippen molar-refractivity contribution in [2.45, 2.75) is 72.4 Å². The maximum atomic E-state index is 13.4. The molecule has 3 N–H and O–H groups in total. The third-order valence-corrected chi connectivity index (χ3v) is 6.57. The number of hydrogen-bond acceptors (Lipinski definition) is 4. The second-order valence-corrected chi connectivity index (χ2v) is 9.55. The van der Waals surface area contributed by atoms with E-state index in [0.717, 1.165) is 45.6 Å². The molecule has 34 heavy (non-hydrogen) atoms. The van der Waals surface area contributed by atoms with Crippen LogP contribution in [0.2, 0.25) is 0 Å². The van der Waals surface area contributed by atoms with Gasteiger partial charge in [0.25, 0.3) is 0 Å². The summed E-state index contributed by atoms with van der Waals surface area (Å²) < 4.78 is 0. The van der Waals surface area contributed by atoms with Gasteiger partial charge in [-0.2, -0.15) is 0 Å². The molecule has 0 aliphatic carbocycles. The van der Waals surface area contributed by atoms with Crippen LogP contribution in [0.4, 0.5) is 0 Å². The summed E-state index contributed by atoms with van der Waals surface area (Å²) in [5, 5.41) is 9.75. The lowest BCUT2D eigenvalue weighted by molar-refractivity contribution is -0.155. The molecule has 1 saturated heterocycles. The molecule has 1 aromatic heterocycles. The molecule has 2 aromatic rings. The summed E-state index contributed by atoms with van der Waals surface area (Å²) in [6.45, 7) is 10.7. The SMILES string of the molecule is Cc1ccc(-c2c(CC(=O)N3CCC[C@@]3(C)C(=O)O)c(C)nc(CC(C)C)c2CN)cc1.Cl.Cl. The van der Waals surface area contributed by atoms with Gasteiger partial charge in [0.2, 0.25) is 5.91 Å². The number of benzene rings is 1. The Balaban J connectivity index is 0.00000289. The van der Waals surface area contributed by atoms with E-state index >= 15 is 0 Å². The zero-order valence-corrected chi connectivity index (χ0v) is 22.3. The fourth-order valence-electron chi connectivity index (χ4n) is 4.74. The van der Waals surface area contributed by atoms with Crippen LogP contribution in [0.15, 0.2) is 24.3 Å². The monoisotopic (exact) mass is 509 g/mol. The lowest BCUT2D eigenvalue weighted by Gasteiger charge is -2.32. The molecule has 0 unspecified atom stereocenters. The molecule has 1 aromatic carbocycles. The van der Waals surface area contributed by atoms with Gasteiger partial charge in [-0.3, -0.25) is 9.78 Å². The third kappa shape index (κ3) is 5.91. The Labute approximate surface area is 215 Å². The fraction of sp³-hybridized carbons (Fsp3) is 0.500. The number of nitrogens with zero attached hydrogens (tertiary/aromatic N) is 2. The van der Waals surface area contributed by atoms with Crippen LogP contribution in [-0.4, -0.2) is 39.0 Å². The standard InChI is InChI=1S/C26H35N3O3.2ClH/c1-16(2)13-22-21(15-27)24(19-9-7-17(3)8-10-19)20(18(4)28-22)14-23(30)29-12-6-11-26(29,5)25(31)32;;/h7-10,16H,6,11-15,27H2,1-5H3,(H,31,32);2*1H/t26-;;/m0../s1. The second kappa shape index (κ2) is 12.0. The van der Waals surface area contributed by atoms with Crippen LogP contribution in [0.25, 0.3) is 11.1 Å². The topological polar surface area (TPSA) is 96.5 Å². The number of carboxylic acid groups (broad SMARTS) is 1. The largest absolute Gasteiger partial charge is 0.480 e. The highest BCUT2D eigenvalue weighted by Crippen LogP contribution is 2.35. The molecular formula is C26H37Cl2N3O3. The van der Waals surface area contributed by atoms with Gasteiger partial charge in [0.1, 0.15) is 5.54 Å². The number of rotatable bonds is 7. The van der Waals surface area contributed by atoms with E-state index in [-0.39, 0.29) is 37.1 Å². The number of aryl methyl sites for hydroxylation is 2. The van der Waals surface area contributed by atoms with Gasteiger partial charge in [0.05, 0.1) is 6.42 Å². The maximum Gasteiger partial charge on any atom is 0.329 e. The Morgan fingerprint density at radius 2 is 1.76 bits per heavy atom. The lowest BCUT2D eigenvalue weighted by Crippen LogP contribution is -2.51. The first-order valence-electron chi connectivity index (χ1n) is 11.4. The van der Waals surface area contributed by atoms with Crippen molar-refractivity contribution in [3.8, 4) is 11.1 Å². The van der Waals surface area contributed by atoms with Crippen LogP contribution >= 0.6 is 24.8 Å². The average molecular weight is 511 g/mol. The zero-order chi connectivity index (χ0) is 23.6. The van der Waals surface area contributed by atoms with Gasteiger partial charge < -0.3 is 15.7 Å². The molecule has 1 atom stereocenters. The van der Waals surface area contributed by atoms with E-state index in [1.807, 2.05) is 13.8 Å². The smallest absolute Gasteiger partial charge is 0.329 e. The summed E-state index contributed by atoms with van der Waals surface area (Å²) in [6.07, 6.45) is 2.08. The number of aromatic nitrogens is 1. The third-order valence-electron chi connectivity index (χ3n) is 6.57. The Hall–Kier alpha value is -2.15. The molecular weight excluding hydrogens is 473 g/mol. The van der Waals surface area contributed by atoms with Crippen molar-refractivity contribution in [1.82, 2.24) is 9.88 Å². The van der Waals surface area contributed by atoms with Gasteiger partial charge in [-0.1, -0.05) is 43.7 Å². The van der Waals surface area contributed by atoms with Crippen LogP contribution in [0.5, 0.6) is 0 Å². The van der Waals surface area contributed by atoms with E-state index in [1.54, 1.807) is 6.92 Å². The quantitative estimate of drug-likeness (QED) is 0.554. The number of amides is 1. The number of carbonyl (C=O) groups is 2. The molecule has 0 spiro atoms. The summed E-state index contributed by atoms with van der Waals surface area (Å²) in [6, 6.07) is 8.24. The minimum absolute atomic E-state index is 0. The van der Waals surface area contributed by atoms with E-state index < -0.39 is 11.5 Å². The normalized spacial score (nSPS) is 17.3. The summed E-state index contributed by atoms with van der Waals surface area (Å²) in [5.41, 5.74) is 11.8. The van der Waals surface area contributed by atoms with Gasteiger partial charge in [0.15, 0.2) is 0 Å². The molecule has 1 aliphatic rings. The number of pyridine rings is 1. The van der Waals surface area contributed by atoms with Gasteiger partial charge in [0, 0.05) is 24.5 Å². The van der Waals surface area contributed by atoms with Crippen LogP contribution < -0.4 is 5.73 Å². The van der Waals surface area contributed by atoms with Gasteiger partial charge in [-0.05, 0) is 68.2 Å². The van der Waals surface area contributed by atoms with E-state index in [9.17, 15) is 14.7 Å². The second-order valence-electron chi connectivity index (χ2n) is 9.55. The molecule has 2 heterocycles. The Kier molecular flexibility index (Phi) is 10.6. The van der Waals surface area contributed by atoms with Gasteiger partial charge in [-0.15, -0.1) is 24.8 Å². The minimum Gasteiger partial charge on any atom is -0.480 e. The summed E-state index contributed by atoms with van der Waals surface area (Å²) >= 11 is 0. The molecule has 0 bridgehead atoms. The molecule has 1 aliphatic heterocycles. The summed E-state index contributed by atoms with van der Waals surface area (Å²) in [4.78, 5) is 31.7. The molecule has 0 radical (unpaired) electrons. The Morgan fingerprint density at radius 3 is 2.29 bits per heavy atom. The number of hydrogen-bond donors (Lipinski definition) is 2. The fourth-order valence-corrected chi connectivity index (χ4v) is 4.74. The van der Waals surface area contributed by atoms with Crippen LogP contribution in [0.3, 0.4) is 0 Å². The summed E-state index contributed by atoms with van der Waals surface area (Å²) in [7, 11) is 0. The van der Waals surface area contributed by atoms with Crippen molar-refractivity contribution in [2.24, 2.45) is 11.7 Å². The van der Waals surface area contributed by atoms with Crippen molar-refractivity contribution >= 4 is 36.7 Å². The molecule has 8 heteroatoms. The average Bonchev–Trinajstić information content (AvgIpc) is 3.13. The number of carbonyl (C=O) groups excluding carboxylic acids is 1. The summed E-state index contributed by atoms with van der Waals surface area (Å²) in [5.74, 6) is -0.705. The molecule has 6 nitrogen and oxygen atoms in total. The van der Waals surface area contributed by atoms with E-state index in [2.05, 4.69) is 38.1 Å². The first kappa shape index (κ1) is 29.9. The maximum absolute atomic E-state index is 13.4. The van der Waals surface area contributed by atoms with Crippen LogP contribution in [0.1, 0.15) is 61.7 Å². The number of nitrogens with two attached hydrogens (primary N) is 1. The highest BCUT2D eigenvalue weighted by atomic mass is 35.5. The van der Waals surface area contributed by atoms with E-state index in [4.69, 9.17) is 10.7 Å². The lowest BCUT2D eigenvalue weighted by atomic mass is 9.88. The van der Waals surface area contributed by atoms with Crippen molar-refractivity contribution in [1.29, 1.82) is 0 Å². The molecule has 1 fully saturated rings. The van der Waals surface area contributed by atoms with Crippen molar-refractivity contribution in [3.63, 3.8) is 0 Å². The van der Waals surface area contributed by atoms with Crippen LogP contribution in [0, 0.1) is 19.8 Å². The molecule has 1 amide bonds. The van der Waals surface area contributed by atoms with Crippen molar-refractivity contribution in [3.05, 3.63) is 52.3 Å². The van der Waals surface area contributed by atoms with Gasteiger partial charge in [-0.25, -0.2) is 4.79 Å². The molecule has 188 valence electrons. The molecule has 0 saturated carbocycles. The number of halogens is 2. The van der Waals surface area contributed by atoms with E-state index in [1.165, 1.54) is 4.90 Å². The Bertz CT molecular complexity index is 1020. The number of carboxylic acids is 1. The highest BCUT2D eigenvalue weighted by molar-refractivity contribution is 5.90. The van der Waals surface area contributed by atoms with Crippen LogP contribution in [-0.2, 0) is 29.0 Å². The minimum atomic E-state index is -1.16. The van der Waals surface area contributed by atoms with E-state index in [0.29, 0.717) is 31.8 Å². The Morgan fingerprint density at radius 1 is 1.15 bits per heavy atom. The molecule has 3 rings (SSSR count). The first-order valence-corrected chi connectivity index (χ1v) is 11.4. The van der Waals surface area contributed by atoms with Crippen molar-refractivity contribution < 1.29 is 14.7 Å². The predicted octanol–water partition coefficient (Wildman–Crippen LogP) is 4.87. The first-order chi connectivity index (χ1) is 15.1.